The largest absolute Gasteiger partial charge is 0.477 e. The summed E-state index contributed by atoms with van der Waals surface area (Å²) in [5.41, 5.74) is 11.4. The molecule has 7 N–H and O–H groups in total. The molecule has 4 rings (SSSR count). The van der Waals surface area contributed by atoms with Crippen LogP contribution in [0, 0.1) is 0 Å². The van der Waals surface area contributed by atoms with Crippen LogP contribution >= 0.6 is 35.1 Å². The van der Waals surface area contributed by atoms with Crippen LogP contribution in [-0.4, -0.2) is 77.4 Å². The van der Waals surface area contributed by atoms with Gasteiger partial charge in [-0.25, -0.2) is 4.79 Å². The van der Waals surface area contributed by atoms with Gasteiger partial charge in [0, 0.05) is 51.8 Å². The molecule has 190 valence electrons. The number of aliphatic carboxylic acids is 1. The lowest BCUT2D eigenvalue weighted by atomic mass is 9.86. The predicted molar refractivity (Wildman–Crippen MR) is 134 cm³/mol. The number of hydrogen-bond acceptors (Lipinski definition) is 13. The molecule has 0 bridgehead atoms. The topological polar surface area (TPSA) is 210 Å². The van der Waals surface area contributed by atoms with Crippen LogP contribution in [0.15, 0.2) is 39.1 Å². The minimum atomic E-state index is -1.23. The SMILES string of the molecule is NCCSCc1cnccc1SC1=C(C(=O)O)N2C(=O)[C@@H](NC(=O)/C(=N\O)c3nsc(N)n3)[C@H]2CC1. The van der Waals surface area contributed by atoms with E-state index in [0.717, 1.165) is 27.7 Å². The van der Waals surface area contributed by atoms with Gasteiger partial charge in [-0.1, -0.05) is 16.9 Å². The molecule has 4 heterocycles. The van der Waals surface area contributed by atoms with Crippen LogP contribution in [0.1, 0.15) is 24.2 Å². The zero-order valence-electron chi connectivity index (χ0n) is 18.7. The summed E-state index contributed by atoms with van der Waals surface area (Å²) in [6.07, 6.45) is 4.21. The Bertz CT molecular complexity index is 1250. The Balaban J connectivity index is 1.51. The molecule has 36 heavy (non-hydrogen) atoms. The zero-order valence-corrected chi connectivity index (χ0v) is 21.1. The Hall–Kier alpha value is -3.21. The van der Waals surface area contributed by atoms with Gasteiger partial charge < -0.3 is 27.1 Å². The highest BCUT2D eigenvalue weighted by atomic mass is 32.2. The van der Waals surface area contributed by atoms with E-state index in [9.17, 15) is 24.7 Å². The molecular formula is C20H22N8O5S3. The van der Waals surface area contributed by atoms with Crippen molar-refractivity contribution < 1.29 is 24.7 Å². The first-order chi connectivity index (χ1) is 17.3. The van der Waals surface area contributed by atoms with E-state index < -0.39 is 35.6 Å². The minimum absolute atomic E-state index is 0.0775. The maximum Gasteiger partial charge on any atom is 0.353 e. The van der Waals surface area contributed by atoms with Gasteiger partial charge >= 0.3 is 5.97 Å². The molecule has 13 nitrogen and oxygen atoms in total. The first-order valence-electron chi connectivity index (χ1n) is 10.7. The van der Waals surface area contributed by atoms with E-state index in [0.29, 0.717) is 30.0 Å². The number of carbonyl (C=O) groups excluding carboxylic acids is 2. The third-order valence-corrected chi connectivity index (χ3v) is 8.31. The number of pyridine rings is 1. The summed E-state index contributed by atoms with van der Waals surface area (Å²) in [5, 5.41) is 24.7. The van der Waals surface area contributed by atoms with Crippen molar-refractivity contribution in [3.63, 3.8) is 0 Å². The van der Waals surface area contributed by atoms with Crippen molar-refractivity contribution in [2.75, 3.05) is 18.0 Å². The smallest absolute Gasteiger partial charge is 0.353 e. The van der Waals surface area contributed by atoms with E-state index >= 15 is 0 Å². The molecular weight excluding hydrogens is 528 g/mol. The number of carbonyl (C=O) groups is 3. The Morgan fingerprint density at radius 3 is 2.86 bits per heavy atom. The van der Waals surface area contributed by atoms with Gasteiger partial charge in [0.2, 0.25) is 11.5 Å². The van der Waals surface area contributed by atoms with Crippen LogP contribution in [0.25, 0.3) is 0 Å². The maximum absolute atomic E-state index is 13.0. The fourth-order valence-corrected chi connectivity index (χ4v) is 6.32. The fourth-order valence-electron chi connectivity index (χ4n) is 3.88. The molecule has 0 spiro atoms. The molecule has 2 aromatic heterocycles. The number of anilines is 1. The summed E-state index contributed by atoms with van der Waals surface area (Å²) >= 11 is 3.78. The second-order valence-electron chi connectivity index (χ2n) is 7.67. The van der Waals surface area contributed by atoms with Crippen LogP contribution in [0.5, 0.6) is 0 Å². The first-order valence-corrected chi connectivity index (χ1v) is 13.4. The number of nitrogens with one attached hydrogen (secondary N) is 1. The van der Waals surface area contributed by atoms with E-state index in [2.05, 4.69) is 24.8 Å². The molecule has 2 amide bonds. The Morgan fingerprint density at radius 1 is 1.39 bits per heavy atom. The van der Waals surface area contributed by atoms with Gasteiger partial charge in [-0.2, -0.15) is 21.1 Å². The zero-order chi connectivity index (χ0) is 25.8. The average Bonchev–Trinajstić information content (AvgIpc) is 3.29. The normalized spacial score (nSPS) is 19.6. The Kier molecular flexibility index (Phi) is 8.07. The minimum Gasteiger partial charge on any atom is -0.477 e. The summed E-state index contributed by atoms with van der Waals surface area (Å²) < 4.78 is 3.83. The number of nitrogens with two attached hydrogens (primary N) is 2. The second-order valence-corrected chi connectivity index (χ2v) is 10.7. The average molecular weight is 551 g/mol. The number of oxime groups is 1. The van der Waals surface area contributed by atoms with Gasteiger partial charge in [0.1, 0.15) is 11.7 Å². The number of fused-ring (bicyclic) bond motifs is 1. The third kappa shape index (κ3) is 5.16. The van der Waals surface area contributed by atoms with E-state index in [1.165, 1.54) is 16.7 Å². The number of β-lactam (4-membered cyclic amide) rings is 1. The summed E-state index contributed by atoms with van der Waals surface area (Å²) in [4.78, 5) is 48.4. The lowest BCUT2D eigenvalue weighted by Gasteiger charge is -2.50. The molecule has 0 aliphatic carbocycles. The quantitative estimate of drug-likeness (QED) is 0.0898. The lowest BCUT2D eigenvalue weighted by Crippen LogP contribution is -2.72. The number of amides is 2. The van der Waals surface area contributed by atoms with Gasteiger partial charge in [-0.3, -0.25) is 19.5 Å². The molecule has 2 aliphatic rings. The Labute approximate surface area is 217 Å². The number of hydrogen-bond donors (Lipinski definition) is 5. The van der Waals surface area contributed by atoms with Gasteiger partial charge in [-0.15, -0.1) is 0 Å². The second kappa shape index (κ2) is 11.2. The van der Waals surface area contributed by atoms with E-state index in [-0.39, 0.29) is 16.7 Å². The number of carboxylic acid groups (broad SMARTS) is 1. The van der Waals surface area contributed by atoms with E-state index in [4.69, 9.17) is 11.5 Å². The molecule has 1 saturated heterocycles. The highest BCUT2D eigenvalue weighted by Gasteiger charge is 2.54. The van der Waals surface area contributed by atoms with Crippen molar-refractivity contribution >= 4 is 63.7 Å². The lowest BCUT2D eigenvalue weighted by molar-refractivity contribution is -0.155. The van der Waals surface area contributed by atoms with Gasteiger partial charge in [0.05, 0.1) is 6.04 Å². The molecule has 0 radical (unpaired) electrons. The summed E-state index contributed by atoms with van der Waals surface area (Å²) in [5.74, 6) is -1.38. The van der Waals surface area contributed by atoms with E-state index in [1.54, 1.807) is 24.2 Å². The Morgan fingerprint density at radius 2 is 2.19 bits per heavy atom. The van der Waals surface area contributed by atoms with Crippen molar-refractivity contribution in [2.24, 2.45) is 10.9 Å². The van der Waals surface area contributed by atoms with Gasteiger partial charge in [0.25, 0.3) is 11.8 Å². The summed E-state index contributed by atoms with van der Waals surface area (Å²) in [7, 11) is 0. The van der Waals surface area contributed by atoms with Crippen molar-refractivity contribution in [3.8, 4) is 0 Å². The first kappa shape index (κ1) is 25.9. The van der Waals surface area contributed by atoms with Crippen LogP contribution in [0.2, 0.25) is 0 Å². The van der Waals surface area contributed by atoms with E-state index in [1.807, 2.05) is 6.07 Å². The molecule has 2 aromatic rings. The van der Waals surface area contributed by atoms with Crippen molar-refractivity contribution in [1.29, 1.82) is 0 Å². The van der Waals surface area contributed by atoms with Crippen molar-refractivity contribution in [3.05, 3.63) is 40.5 Å². The van der Waals surface area contributed by atoms with Gasteiger partial charge in [0.15, 0.2) is 5.13 Å². The number of aromatic nitrogens is 3. The number of rotatable bonds is 10. The third-order valence-electron chi connectivity index (χ3n) is 5.46. The highest BCUT2D eigenvalue weighted by Crippen LogP contribution is 2.44. The number of thioether (sulfide) groups is 2. The molecule has 0 aromatic carbocycles. The van der Waals surface area contributed by atoms with Crippen LogP contribution in [-0.2, 0) is 20.1 Å². The van der Waals surface area contributed by atoms with Crippen LogP contribution < -0.4 is 16.8 Å². The standard InChI is InChI=1S/C20H22N8O5S3/c21-4-6-34-8-9-7-23-5-3-11(9)35-12-2-1-10-13(18(30)28(10)15(12)19(31)32)24-17(29)14(26-33)16-25-20(22)36-27-16/h3,5,7,10,13,33H,1-2,4,6,8,21H2,(H,24,29)(H,31,32)(H2,22,25,27)/b26-14-/t10-,13+/m1/s1. The fraction of sp³-hybridized carbons (Fsp3) is 0.350. The predicted octanol–water partition coefficient (Wildman–Crippen LogP) is 0.463. The highest BCUT2D eigenvalue weighted by molar-refractivity contribution is 8.03. The summed E-state index contributed by atoms with van der Waals surface area (Å²) in [6, 6.07) is 0.287. The molecule has 0 saturated carbocycles. The van der Waals surface area contributed by atoms with Crippen molar-refractivity contribution in [1.82, 2.24) is 24.6 Å². The van der Waals surface area contributed by atoms with Crippen LogP contribution in [0.4, 0.5) is 5.13 Å². The molecule has 16 heteroatoms. The molecule has 0 unspecified atom stereocenters. The number of nitrogen functional groups attached to an aromatic ring is 1. The monoisotopic (exact) mass is 550 g/mol. The van der Waals surface area contributed by atoms with Crippen LogP contribution in [0.3, 0.4) is 0 Å². The summed E-state index contributed by atoms with van der Waals surface area (Å²) in [6.45, 7) is 0.553. The molecule has 2 atom stereocenters. The number of allylic oxidation sites excluding steroid dienone is 1. The maximum atomic E-state index is 13.0. The molecule has 1 fully saturated rings. The number of nitrogens with zero attached hydrogens (tertiary/aromatic N) is 5. The number of carboxylic acids is 1. The van der Waals surface area contributed by atoms with Gasteiger partial charge in [-0.05, 0) is 24.5 Å². The molecule has 2 aliphatic heterocycles. The van der Waals surface area contributed by atoms with Crippen molar-refractivity contribution in [2.45, 2.75) is 35.6 Å².